The predicted molar refractivity (Wildman–Crippen MR) is 51.3 cm³/mol. The highest BCUT2D eigenvalue weighted by Crippen LogP contribution is 2.34. The van der Waals surface area contributed by atoms with E-state index in [0.717, 1.165) is 11.7 Å². The van der Waals surface area contributed by atoms with E-state index in [2.05, 4.69) is 11.2 Å². The summed E-state index contributed by atoms with van der Waals surface area (Å²) < 4.78 is 0. The number of nitrogens with zero attached hydrogens (tertiary/aromatic N) is 1. The molecule has 0 aromatic carbocycles. The predicted octanol–water partition coefficient (Wildman–Crippen LogP) is 2.71. The van der Waals surface area contributed by atoms with Gasteiger partial charge in [-0.25, -0.2) is 0 Å². The molecule has 0 aromatic heterocycles. The molecule has 0 saturated heterocycles. The zero-order valence-electron chi connectivity index (χ0n) is 6.83. The molecule has 62 valence electrons. The third kappa shape index (κ3) is 1.78. The largest absolute Gasteiger partial charge is 0.282 e. The van der Waals surface area contributed by atoms with E-state index in [4.69, 9.17) is 0 Å². The summed E-state index contributed by atoms with van der Waals surface area (Å²) in [4.78, 5) is 4.50. The Hall–Kier alpha value is 0.0200. The lowest BCUT2D eigenvalue weighted by molar-refractivity contribution is 0.354. The van der Waals surface area contributed by atoms with E-state index < -0.39 is 0 Å². The first kappa shape index (κ1) is 7.66. The third-order valence-electron chi connectivity index (χ3n) is 2.65. The van der Waals surface area contributed by atoms with Crippen molar-refractivity contribution in [1.29, 1.82) is 0 Å². The van der Waals surface area contributed by atoms with Gasteiger partial charge in [-0.15, -0.1) is 11.8 Å². The van der Waals surface area contributed by atoms with Crippen LogP contribution in [0.5, 0.6) is 0 Å². The van der Waals surface area contributed by atoms with E-state index in [1.54, 1.807) is 0 Å². The summed E-state index contributed by atoms with van der Waals surface area (Å²) in [5.74, 6) is 2.06. The van der Waals surface area contributed by atoms with Crippen LogP contribution < -0.4 is 0 Å². The fraction of sp³-hybridized carbons (Fsp3) is 0.889. The molecule has 0 bridgehead atoms. The van der Waals surface area contributed by atoms with Crippen molar-refractivity contribution < 1.29 is 0 Å². The lowest BCUT2D eigenvalue weighted by atomic mass is 9.89. The molecule has 2 rings (SSSR count). The first-order valence-corrected chi connectivity index (χ1v) is 5.65. The molecule has 2 aliphatic rings. The van der Waals surface area contributed by atoms with Gasteiger partial charge in [0, 0.05) is 12.0 Å². The Balaban J connectivity index is 1.87. The van der Waals surface area contributed by atoms with E-state index in [9.17, 15) is 0 Å². The topological polar surface area (TPSA) is 12.4 Å². The summed E-state index contributed by atoms with van der Waals surface area (Å²) in [5, 5.41) is 0.635. The quantitative estimate of drug-likeness (QED) is 0.588. The van der Waals surface area contributed by atoms with E-state index in [1.807, 2.05) is 11.8 Å². The highest BCUT2D eigenvalue weighted by molar-refractivity contribution is 8.00. The van der Waals surface area contributed by atoms with Crippen molar-refractivity contribution in [2.75, 3.05) is 5.75 Å². The Bertz CT molecular complexity index is 150. The van der Waals surface area contributed by atoms with Crippen LogP contribution in [0, 0.1) is 5.92 Å². The van der Waals surface area contributed by atoms with Gasteiger partial charge >= 0.3 is 0 Å². The number of hydrogen-bond donors (Lipinski definition) is 0. The molecule has 1 heterocycles. The van der Waals surface area contributed by atoms with Crippen LogP contribution in [0.3, 0.4) is 0 Å². The molecule has 0 N–H and O–H groups in total. The summed E-state index contributed by atoms with van der Waals surface area (Å²) in [6.45, 7) is 0. The van der Waals surface area contributed by atoms with Crippen LogP contribution in [0.4, 0.5) is 0 Å². The molecule has 1 aliphatic carbocycles. The van der Waals surface area contributed by atoms with Gasteiger partial charge in [-0.3, -0.25) is 4.99 Å². The molecule has 0 aromatic rings. The van der Waals surface area contributed by atoms with Crippen molar-refractivity contribution in [3.05, 3.63) is 0 Å². The summed E-state index contributed by atoms with van der Waals surface area (Å²) in [6, 6.07) is 0. The maximum Gasteiger partial charge on any atom is 0.0979 e. The Morgan fingerprint density at radius 1 is 1.18 bits per heavy atom. The van der Waals surface area contributed by atoms with Crippen LogP contribution in [0.2, 0.25) is 0 Å². The second-order valence-electron chi connectivity index (χ2n) is 3.45. The summed E-state index contributed by atoms with van der Waals surface area (Å²) in [7, 11) is 0. The van der Waals surface area contributed by atoms with Crippen molar-refractivity contribution >= 4 is 18.0 Å². The van der Waals surface area contributed by atoms with E-state index in [-0.39, 0.29) is 0 Å². The molecule has 11 heavy (non-hydrogen) atoms. The van der Waals surface area contributed by atoms with Crippen LogP contribution in [0.25, 0.3) is 0 Å². The first-order chi connectivity index (χ1) is 5.47. The SMILES string of the molecule is C1=NC(C2CCCCC2)SC1. The molecule has 1 atom stereocenters. The second kappa shape index (κ2) is 3.61. The zero-order valence-corrected chi connectivity index (χ0v) is 7.65. The molecular formula is C9H15NS. The smallest absolute Gasteiger partial charge is 0.0979 e. The summed E-state index contributed by atoms with van der Waals surface area (Å²) >= 11 is 2.03. The number of thioether (sulfide) groups is 1. The monoisotopic (exact) mass is 169 g/mol. The van der Waals surface area contributed by atoms with Crippen molar-refractivity contribution in [1.82, 2.24) is 0 Å². The van der Waals surface area contributed by atoms with Crippen LogP contribution in [0.1, 0.15) is 32.1 Å². The summed E-state index contributed by atoms with van der Waals surface area (Å²) in [6.07, 6.45) is 9.28. The Morgan fingerprint density at radius 3 is 2.64 bits per heavy atom. The number of aliphatic imine (C=N–C) groups is 1. The molecule has 0 radical (unpaired) electrons. The minimum Gasteiger partial charge on any atom is -0.282 e. The Labute approximate surface area is 72.7 Å². The van der Waals surface area contributed by atoms with E-state index >= 15 is 0 Å². The van der Waals surface area contributed by atoms with Gasteiger partial charge in [0.1, 0.15) is 0 Å². The normalized spacial score (nSPS) is 32.9. The highest BCUT2D eigenvalue weighted by atomic mass is 32.2. The van der Waals surface area contributed by atoms with Crippen molar-refractivity contribution in [3.8, 4) is 0 Å². The fourth-order valence-electron chi connectivity index (χ4n) is 2.01. The molecule has 1 unspecified atom stereocenters. The number of hydrogen-bond acceptors (Lipinski definition) is 2. The minimum absolute atomic E-state index is 0.635. The van der Waals surface area contributed by atoms with Gasteiger partial charge in [0.15, 0.2) is 0 Å². The van der Waals surface area contributed by atoms with E-state index in [1.165, 1.54) is 32.1 Å². The van der Waals surface area contributed by atoms with Crippen LogP contribution in [-0.4, -0.2) is 17.3 Å². The molecule has 1 aliphatic heterocycles. The zero-order chi connectivity index (χ0) is 7.52. The molecule has 0 spiro atoms. The standard InChI is InChI=1S/C9H15NS/c1-2-4-8(5-3-1)9-10-6-7-11-9/h6,8-9H,1-5,7H2. The van der Waals surface area contributed by atoms with Gasteiger partial charge in [0.05, 0.1) is 5.37 Å². The molecular weight excluding hydrogens is 154 g/mol. The van der Waals surface area contributed by atoms with Crippen LogP contribution in [0.15, 0.2) is 4.99 Å². The Morgan fingerprint density at radius 2 is 2.00 bits per heavy atom. The third-order valence-corrected chi connectivity index (χ3v) is 3.84. The second-order valence-corrected chi connectivity index (χ2v) is 4.60. The maximum atomic E-state index is 4.50. The summed E-state index contributed by atoms with van der Waals surface area (Å²) in [5.41, 5.74) is 0. The lowest BCUT2D eigenvalue weighted by Crippen LogP contribution is -2.16. The van der Waals surface area contributed by atoms with Gasteiger partial charge in [0.25, 0.3) is 0 Å². The number of rotatable bonds is 1. The lowest BCUT2D eigenvalue weighted by Gasteiger charge is -2.24. The van der Waals surface area contributed by atoms with E-state index in [0.29, 0.717) is 5.37 Å². The van der Waals surface area contributed by atoms with Gasteiger partial charge in [0.2, 0.25) is 0 Å². The highest BCUT2D eigenvalue weighted by Gasteiger charge is 2.24. The maximum absolute atomic E-state index is 4.50. The van der Waals surface area contributed by atoms with Gasteiger partial charge < -0.3 is 0 Å². The van der Waals surface area contributed by atoms with Crippen molar-refractivity contribution in [2.45, 2.75) is 37.5 Å². The molecule has 2 heteroatoms. The van der Waals surface area contributed by atoms with Gasteiger partial charge in [-0.1, -0.05) is 19.3 Å². The average molecular weight is 169 g/mol. The fourth-order valence-corrected chi connectivity index (χ4v) is 3.09. The van der Waals surface area contributed by atoms with Crippen LogP contribution in [-0.2, 0) is 0 Å². The van der Waals surface area contributed by atoms with Gasteiger partial charge in [-0.05, 0) is 18.8 Å². The minimum atomic E-state index is 0.635. The molecule has 1 fully saturated rings. The molecule has 1 saturated carbocycles. The average Bonchev–Trinajstić information content (AvgIpc) is 2.58. The Kier molecular flexibility index (Phi) is 2.52. The molecule has 1 nitrogen and oxygen atoms in total. The van der Waals surface area contributed by atoms with Crippen molar-refractivity contribution in [3.63, 3.8) is 0 Å². The van der Waals surface area contributed by atoms with Crippen molar-refractivity contribution in [2.24, 2.45) is 10.9 Å². The first-order valence-electron chi connectivity index (χ1n) is 4.60. The van der Waals surface area contributed by atoms with Gasteiger partial charge in [-0.2, -0.15) is 0 Å². The van der Waals surface area contributed by atoms with Crippen LogP contribution >= 0.6 is 11.8 Å². The molecule has 0 amide bonds.